The first-order chi connectivity index (χ1) is 15.5. The highest BCUT2D eigenvalue weighted by Crippen LogP contribution is 2.36. The highest BCUT2D eigenvalue weighted by molar-refractivity contribution is 7.99. The summed E-state index contributed by atoms with van der Waals surface area (Å²) in [6.45, 7) is 0. The molecule has 0 aliphatic heterocycles. The van der Waals surface area contributed by atoms with Crippen LogP contribution in [0.3, 0.4) is 0 Å². The summed E-state index contributed by atoms with van der Waals surface area (Å²) in [5.41, 5.74) is 1.22. The van der Waals surface area contributed by atoms with Crippen molar-refractivity contribution in [1.82, 2.24) is 10.5 Å². The van der Waals surface area contributed by atoms with Gasteiger partial charge < -0.3 is 0 Å². The highest BCUT2D eigenvalue weighted by Gasteiger charge is 2.34. The number of hydroxylamine groups is 1. The Labute approximate surface area is 196 Å². The second kappa shape index (κ2) is 10.00. The van der Waals surface area contributed by atoms with Crippen LogP contribution in [0.1, 0.15) is 16.1 Å². The van der Waals surface area contributed by atoms with Crippen LogP contribution in [0.4, 0.5) is 18.9 Å². The van der Waals surface area contributed by atoms with Crippen LogP contribution in [-0.4, -0.2) is 26.4 Å². The van der Waals surface area contributed by atoms with Crippen LogP contribution in [0, 0.1) is 0 Å². The number of benzene rings is 2. The second-order valence-corrected chi connectivity index (χ2v) is 9.62. The Hall–Kier alpha value is -2.80. The van der Waals surface area contributed by atoms with Crippen LogP contribution in [0.2, 0.25) is 5.02 Å². The summed E-state index contributed by atoms with van der Waals surface area (Å²) in [5, 5.41) is -0.596. The number of nitrogens with zero attached hydrogens (tertiary/aromatic N) is 1. The minimum Gasteiger partial charge on any atom is -0.280 e. The number of pyridine rings is 1. The third kappa shape index (κ3) is 6.38. The molecular formula is C20H15ClF3N3O4S2. The van der Waals surface area contributed by atoms with E-state index in [0.29, 0.717) is 15.9 Å². The molecule has 3 rings (SSSR count). The topological polar surface area (TPSA) is 97.4 Å². The van der Waals surface area contributed by atoms with Crippen molar-refractivity contribution in [3.63, 3.8) is 0 Å². The first-order valence-corrected chi connectivity index (χ1v) is 11.6. The lowest BCUT2D eigenvalue weighted by molar-refractivity contribution is -0.137. The smallest absolute Gasteiger partial charge is 0.280 e. The number of nitrogens with one attached hydrogen (secondary N) is 2. The average molecular weight is 518 g/mol. The molecular weight excluding hydrogens is 503 g/mol. The van der Waals surface area contributed by atoms with E-state index in [2.05, 4.69) is 20.0 Å². The standard InChI is InChI=1S/C20H15ClF3N3O4S2/c1-31-26-19(28)18-10-14(8-9-25-18)32-13-4-2-12(3-5-13)27-33(29,30)15-6-7-17(21)16(11-15)20(22,23)24/h2-11,27H,1H3,(H,26,28). The zero-order chi connectivity index (χ0) is 24.2. The molecule has 0 atom stereocenters. The number of halogens is 4. The number of anilines is 1. The van der Waals surface area contributed by atoms with Crippen molar-refractivity contribution < 1.29 is 31.2 Å². The molecule has 7 nitrogen and oxygen atoms in total. The largest absolute Gasteiger partial charge is 0.417 e. The first-order valence-electron chi connectivity index (χ1n) is 8.96. The van der Waals surface area contributed by atoms with E-state index in [1.165, 1.54) is 37.2 Å². The molecule has 0 fully saturated rings. The summed E-state index contributed by atoms with van der Waals surface area (Å²) in [6, 6.07) is 11.7. The van der Waals surface area contributed by atoms with Crippen molar-refractivity contribution in [3.05, 3.63) is 77.1 Å². The Morgan fingerprint density at radius 1 is 1.06 bits per heavy atom. The van der Waals surface area contributed by atoms with Gasteiger partial charge in [0.15, 0.2) is 0 Å². The molecule has 174 valence electrons. The molecule has 0 bridgehead atoms. The van der Waals surface area contributed by atoms with Gasteiger partial charge in [-0.1, -0.05) is 23.4 Å². The van der Waals surface area contributed by atoms with Crippen LogP contribution in [0.5, 0.6) is 0 Å². The van der Waals surface area contributed by atoms with Gasteiger partial charge in [-0.25, -0.2) is 13.9 Å². The van der Waals surface area contributed by atoms with Gasteiger partial charge in [0.1, 0.15) is 5.69 Å². The van der Waals surface area contributed by atoms with E-state index >= 15 is 0 Å². The number of hydrogen-bond donors (Lipinski definition) is 2. The summed E-state index contributed by atoms with van der Waals surface area (Å²) >= 11 is 6.84. The predicted molar refractivity (Wildman–Crippen MR) is 117 cm³/mol. The van der Waals surface area contributed by atoms with E-state index in [0.717, 1.165) is 12.1 Å². The van der Waals surface area contributed by atoms with Crippen molar-refractivity contribution in [2.75, 3.05) is 11.8 Å². The van der Waals surface area contributed by atoms with Crippen molar-refractivity contribution in [2.45, 2.75) is 20.9 Å². The number of aromatic nitrogens is 1. The van der Waals surface area contributed by atoms with Crippen LogP contribution in [0.25, 0.3) is 0 Å². The van der Waals surface area contributed by atoms with E-state index in [9.17, 15) is 26.4 Å². The monoisotopic (exact) mass is 517 g/mol. The summed E-state index contributed by atoms with van der Waals surface area (Å²) in [4.78, 5) is 21.1. The molecule has 0 aliphatic carbocycles. The molecule has 2 aromatic carbocycles. The first kappa shape index (κ1) is 24.8. The van der Waals surface area contributed by atoms with Crippen molar-refractivity contribution in [2.24, 2.45) is 0 Å². The van der Waals surface area contributed by atoms with Crippen LogP contribution in [0.15, 0.2) is 75.5 Å². The zero-order valence-electron chi connectivity index (χ0n) is 16.7. The molecule has 33 heavy (non-hydrogen) atoms. The highest BCUT2D eigenvalue weighted by atomic mass is 35.5. The number of rotatable bonds is 7. The molecule has 3 aromatic rings. The third-order valence-corrected chi connectivity index (χ3v) is 6.76. The minimum absolute atomic E-state index is 0.146. The molecule has 0 unspecified atom stereocenters. The molecule has 0 radical (unpaired) electrons. The lowest BCUT2D eigenvalue weighted by atomic mass is 10.2. The summed E-state index contributed by atoms with van der Waals surface area (Å²) in [5.74, 6) is -0.513. The van der Waals surface area contributed by atoms with E-state index in [1.807, 2.05) is 0 Å². The maximum atomic E-state index is 13.0. The SMILES string of the molecule is CONC(=O)c1cc(Sc2ccc(NS(=O)(=O)c3ccc(Cl)c(C(F)(F)F)c3)cc2)ccn1. The van der Waals surface area contributed by atoms with E-state index in [4.69, 9.17) is 11.6 Å². The number of sulfonamides is 1. The Balaban J connectivity index is 1.75. The maximum Gasteiger partial charge on any atom is 0.417 e. The molecule has 13 heteroatoms. The number of amides is 1. The quantitative estimate of drug-likeness (QED) is 0.428. The summed E-state index contributed by atoms with van der Waals surface area (Å²) in [7, 11) is -2.99. The second-order valence-electron chi connectivity index (χ2n) is 6.38. The number of carbonyl (C=O) groups is 1. The summed E-state index contributed by atoms with van der Waals surface area (Å²) in [6.07, 6.45) is -3.34. The molecule has 0 saturated carbocycles. The molecule has 0 spiro atoms. The lowest BCUT2D eigenvalue weighted by Gasteiger charge is -2.13. The molecule has 1 aromatic heterocycles. The van der Waals surface area contributed by atoms with Gasteiger partial charge in [0.05, 0.1) is 22.6 Å². The Kier molecular flexibility index (Phi) is 7.52. The molecule has 1 amide bonds. The zero-order valence-corrected chi connectivity index (χ0v) is 19.1. The molecule has 1 heterocycles. The maximum absolute atomic E-state index is 13.0. The van der Waals surface area contributed by atoms with E-state index < -0.39 is 37.6 Å². The third-order valence-electron chi connectivity index (χ3n) is 4.05. The van der Waals surface area contributed by atoms with Gasteiger partial charge >= 0.3 is 6.18 Å². The molecule has 2 N–H and O–H groups in total. The predicted octanol–water partition coefficient (Wildman–Crippen LogP) is 5.00. The van der Waals surface area contributed by atoms with Gasteiger partial charge in [-0.2, -0.15) is 13.2 Å². The number of alkyl halides is 3. The minimum atomic E-state index is -4.79. The van der Waals surface area contributed by atoms with Crippen LogP contribution in [-0.2, 0) is 21.0 Å². The Bertz CT molecular complexity index is 1270. The Morgan fingerprint density at radius 3 is 2.39 bits per heavy atom. The average Bonchev–Trinajstić information content (AvgIpc) is 2.74. The summed E-state index contributed by atoms with van der Waals surface area (Å²) < 4.78 is 66.4. The van der Waals surface area contributed by atoms with Gasteiger partial charge in [-0.3, -0.25) is 19.3 Å². The normalized spacial score (nSPS) is 11.8. The van der Waals surface area contributed by atoms with E-state index in [1.54, 1.807) is 24.3 Å². The fourth-order valence-electron chi connectivity index (χ4n) is 2.57. The van der Waals surface area contributed by atoms with Gasteiger partial charge in [0.2, 0.25) is 0 Å². The van der Waals surface area contributed by atoms with Gasteiger partial charge in [0.25, 0.3) is 15.9 Å². The number of hydrogen-bond acceptors (Lipinski definition) is 6. The van der Waals surface area contributed by atoms with Gasteiger partial charge in [-0.05, 0) is 54.6 Å². The van der Waals surface area contributed by atoms with Crippen LogP contribution < -0.4 is 10.2 Å². The fraction of sp³-hybridized carbons (Fsp3) is 0.100. The Morgan fingerprint density at radius 2 is 1.76 bits per heavy atom. The van der Waals surface area contributed by atoms with Gasteiger partial charge in [-0.15, -0.1) is 0 Å². The van der Waals surface area contributed by atoms with Crippen LogP contribution >= 0.6 is 23.4 Å². The van der Waals surface area contributed by atoms with Gasteiger partial charge in [0, 0.05) is 21.7 Å². The molecule has 0 aliphatic rings. The fourth-order valence-corrected chi connectivity index (χ4v) is 4.73. The van der Waals surface area contributed by atoms with Crippen molar-refractivity contribution in [1.29, 1.82) is 0 Å². The number of carbonyl (C=O) groups excluding carboxylic acids is 1. The lowest BCUT2D eigenvalue weighted by Crippen LogP contribution is -2.22. The van der Waals surface area contributed by atoms with Crippen molar-refractivity contribution >= 4 is 45.0 Å². The van der Waals surface area contributed by atoms with Crippen molar-refractivity contribution in [3.8, 4) is 0 Å². The molecule has 0 saturated heterocycles. The van der Waals surface area contributed by atoms with E-state index in [-0.39, 0.29) is 11.4 Å².